The number of imide groups is 1. The Hall–Kier alpha value is -0.420. The van der Waals surface area contributed by atoms with Crippen molar-refractivity contribution in [1.29, 1.82) is 0 Å². The van der Waals surface area contributed by atoms with Gasteiger partial charge >= 0.3 is 0 Å². The molecule has 4 nitrogen and oxygen atoms in total. The molecule has 1 rings (SSSR count). The molecule has 0 aliphatic carbocycles. The Kier molecular flexibility index (Phi) is 2.80. The van der Waals surface area contributed by atoms with Crippen molar-refractivity contribution in [1.82, 2.24) is 11.5 Å². The van der Waals surface area contributed by atoms with E-state index in [2.05, 4.69) is 21.2 Å². The van der Waals surface area contributed by atoms with Crippen molar-refractivity contribution in [2.45, 2.75) is 11.2 Å². The van der Waals surface area contributed by atoms with Gasteiger partial charge in [-0.1, -0.05) is 15.9 Å². The van der Waals surface area contributed by atoms with Gasteiger partial charge < -0.3 is 6.15 Å². The number of rotatable bonds is 0. The normalized spacial score (nSPS) is 25.2. The predicted molar refractivity (Wildman–Crippen MR) is 35.5 cm³/mol. The molecular weight excluding hydrogens is 188 g/mol. The number of carbonyl (C=O) groups excluding carboxylic acids is 2. The standard InChI is InChI=1S/C4H4BrNO2.H3N/c5-2-1-3(7)6-4(2)8;/h2H,1H2,(H,6,7,8);1H3. The third-order valence-corrected chi connectivity index (χ3v) is 1.65. The quantitative estimate of drug-likeness (QED) is 0.420. The van der Waals surface area contributed by atoms with E-state index in [4.69, 9.17) is 0 Å². The molecular formula is C4H7BrN2O2. The average molecular weight is 195 g/mol. The summed E-state index contributed by atoms with van der Waals surface area (Å²) in [6, 6.07) is 0. The molecule has 0 saturated carbocycles. The fourth-order valence-electron chi connectivity index (χ4n) is 0.522. The maximum absolute atomic E-state index is 10.4. The molecule has 1 atom stereocenters. The van der Waals surface area contributed by atoms with Gasteiger partial charge in [-0.15, -0.1) is 0 Å². The first-order valence-corrected chi connectivity index (χ1v) is 3.09. The summed E-state index contributed by atoms with van der Waals surface area (Å²) in [4.78, 5) is 20.4. The van der Waals surface area contributed by atoms with E-state index in [0.29, 0.717) is 0 Å². The number of hydrogen-bond donors (Lipinski definition) is 2. The summed E-state index contributed by atoms with van der Waals surface area (Å²) in [6.07, 6.45) is 0.277. The van der Waals surface area contributed by atoms with Crippen LogP contribution < -0.4 is 11.5 Å². The van der Waals surface area contributed by atoms with Crippen LogP contribution in [0.15, 0.2) is 0 Å². The Morgan fingerprint density at radius 1 is 1.56 bits per heavy atom. The van der Waals surface area contributed by atoms with E-state index in [1.165, 1.54) is 0 Å². The number of carbonyl (C=O) groups is 2. The molecule has 1 aliphatic heterocycles. The van der Waals surface area contributed by atoms with Gasteiger partial charge in [0.1, 0.15) is 4.83 Å². The predicted octanol–water partition coefficient (Wildman–Crippen LogP) is -0.0416. The fourth-order valence-corrected chi connectivity index (χ4v) is 0.931. The molecule has 0 bridgehead atoms. The Labute approximate surface area is 60.7 Å². The van der Waals surface area contributed by atoms with Gasteiger partial charge in [-0.05, 0) is 0 Å². The Balaban J connectivity index is 0.000000640. The van der Waals surface area contributed by atoms with Crippen molar-refractivity contribution in [2.24, 2.45) is 0 Å². The minimum atomic E-state index is -0.296. The van der Waals surface area contributed by atoms with Gasteiger partial charge in [0.25, 0.3) is 0 Å². The molecule has 9 heavy (non-hydrogen) atoms. The van der Waals surface area contributed by atoms with Crippen molar-refractivity contribution in [3.63, 3.8) is 0 Å². The van der Waals surface area contributed by atoms with Crippen LogP contribution in [0.2, 0.25) is 0 Å². The van der Waals surface area contributed by atoms with Gasteiger partial charge in [-0.2, -0.15) is 0 Å². The maximum atomic E-state index is 10.4. The van der Waals surface area contributed by atoms with Gasteiger partial charge in [-0.25, -0.2) is 0 Å². The number of halogens is 1. The van der Waals surface area contributed by atoms with E-state index in [9.17, 15) is 9.59 Å². The molecule has 0 aromatic heterocycles. The smallest absolute Gasteiger partial charge is 0.240 e. The lowest BCUT2D eigenvalue weighted by molar-refractivity contribution is -0.124. The van der Waals surface area contributed by atoms with Crippen LogP contribution in [0, 0.1) is 0 Å². The summed E-state index contributed by atoms with van der Waals surface area (Å²) in [7, 11) is 0. The van der Waals surface area contributed by atoms with E-state index >= 15 is 0 Å². The van der Waals surface area contributed by atoms with Crippen molar-refractivity contribution in [2.75, 3.05) is 0 Å². The number of amides is 2. The SMILES string of the molecule is N.O=C1CC(Br)C(=O)N1. The number of hydrogen-bond acceptors (Lipinski definition) is 3. The lowest BCUT2D eigenvalue weighted by Crippen LogP contribution is -2.21. The minimum Gasteiger partial charge on any atom is -0.344 e. The molecule has 1 fully saturated rings. The second-order valence-corrected chi connectivity index (χ2v) is 2.69. The summed E-state index contributed by atoms with van der Waals surface area (Å²) in [6.45, 7) is 0. The summed E-state index contributed by atoms with van der Waals surface area (Å²) >= 11 is 3.01. The topological polar surface area (TPSA) is 81.2 Å². The molecule has 1 saturated heterocycles. The van der Waals surface area contributed by atoms with Gasteiger partial charge in [0, 0.05) is 6.42 Å². The Bertz CT molecular complexity index is 148. The fraction of sp³-hybridized carbons (Fsp3) is 0.500. The summed E-state index contributed by atoms with van der Waals surface area (Å²) in [5.74, 6) is -0.424. The van der Waals surface area contributed by atoms with Crippen molar-refractivity contribution < 1.29 is 9.59 Å². The van der Waals surface area contributed by atoms with Crippen molar-refractivity contribution in [3.8, 4) is 0 Å². The number of nitrogens with one attached hydrogen (secondary N) is 1. The molecule has 0 aromatic rings. The maximum Gasteiger partial charge on any atom is 0.240 e. The van der Waals surface area contributed by atoms with E-state index in [0.717, 1.165) is 0 Å². The summed E-state index contributed by atoms with van der Waals surface area (Å²) in [5.41, 5.74) is 0. The first-order valence-electron chi connectivity index (χ1n) is 2.18. The lowest BCUT2D eigenvalue weighted by atomic mass is 10.4. The molecule has 2 amide bonds. The average Bonchev–Trinajstić information content (AvgIpc) is 1.85. The molecule has 5 heteroatoms. The molecule has 0 aromatic carbocycles. The van der Waals surface area contributed by atoms with Crippen LogP contribution in [0.5, 0.6) is 0 Å². The van der Waals surface area contributed by atoms with Crippen LogP contribution in [0.1, 0.15) is 6.42 Å². The van der Waals surface area contributed by atoms with Gasteiger partial charge in [-0.3, -0.25) is 14.9 Å². The molecule has 52 valence electrons. The molecule has 0 radical (unpaired) electrons. The minimum absolute atomic E-state index is 0. The summed E-state index contributed by atoms with van der Waals surface area (Å²) < 4.78 is 0. The van der Waals surface area contributed by atoms with Crippen LogP contribution >= 0.6 is 15.9 Å². The van der Waals surface area contributed by atoms with Crippen molar-refractivity contribution in [3.05, 3.63) is 0 Å². The highest BCUT2D eigenvalue weighted by molar-refractivity contribution is 9.10. The highest BCUT2D eigenvalue weighted by Crippen LogP contribution is 2.09. The second kappa shape index (κ2) is 2.93. The van der Waals surface area contributed by atoms with Crippen LogP contribution in [-0.4, -0.2) is 16.6 Å². The van der Waals surface area contributed by atoms with E-state index in [1.54, 1.807) is 0 Å². The third kappa shape index (κ3) is 1.76. The Morgan fingerprint density at radius 3 is 2.22 bits per heavy atom. The Morgan fingerprint density at radius 2 is 2.11 bits per heavy atom. The van der Waals surface area contributed by atoms with E-state index in [1.807, 2.05) is 0 Å². The van der Waals surface area contributed by atoms with Crippen LogP contribution in [0.3, 0.4) is 0 Å². The highest BCUT2D eigenvalue weighted by Gasteiger charge is 2.27. The molecule has 1 heterocycles. The molecule has 1 unspecified atom stereocenters. The monoisotopic (exact) mass is 194 g/mol. The van der Waals surface area contributed by atoms with Crippen LogP contribution in [0.4, 0.5) is 0 Å². The first kappa shape index (κ1) is 8.58. The second-order valence-electron chi connectivity index (χ2n) is 1.58. The van der Waals surface area contributed by atoms with E-state index < -0.39 is 0 Å². The van der Waals surface area contributed by atoms with Crippen LogP contribution in [0.25, 0.3) is 0 Å². The first-order chi connectivity index (χ1) is 3.70. The van der Waals surface area contributed by atoms with Gasteiger partial charge in [0.15, 0.2) is 0 Å². The lowest BCUT2D eigenvalue weighted by Gasteiger charge is -1.86. The van der Waals surface area contributed by atoms with Gasteiger partial charge in [0.2, 0.25) is 11.8 Å². The zero-order valence-electron chi connectivity index (χ0n) is 4.69. The molecule has 4 N–H and O–H groups in total. The zero-order valence-corrected chi connectivity index (χ0v) is 6.27. The zero-order chi connectivity index (χ0) is 6.15. The largest absolute Gasteiger partial charge is 0.344 e. The highest BCUT2D eigenvalue weighted by atomic mass is 79.9. The molecule has 1 aliphatic rings. The van der Waals surface area contributed by atoms with Gasteiger partial charge in [0.05, 0.1) is 0 Å². The summed E-state index contributed by atoms with van der Waals surface area (Å²) in [5, 5.41) is 2.14. The third-order valence-electron chi connectivity index (χ3n) is 0.912. The van der Waals surface area contributed by atoms with E-state index in [-0.39, 0.29) is 29.2 Å². The van der Waals surface area contributed by atoms with Crippen molar-refractivity contribution >= 4 is 27.7 Å². The molecule has 0 spiro atoms. The van der Waals surface area contributed by atoms with Crippen LogP contribution in [-0.2, 0) is 9.59 Å². The number of alkyl halides is 1.